The van der Waals surface area contributed by atoms with Crippen LogP contribution in [0.1, 0.15) is 41.3 Å². The number of likely N-dealkylation sites (tertiary alicyclic amines) is 1. The van der Waals surface area contributed by atoms with Crippen molar-refractivity contribution in [2.45, 2.75) is 45.1 Å². The van der Waals surface area contributed by atoms with Crippen LogP contribution in [0.2, 0.25) is 0 Å². The molecule has 2 unspecified atom stereocenters. The van der Waals surface area contributed by atoms with Crippen molar-refractivity contribution in [3.05, 3.63) is 46.8 Å². The van der Waals surface area contributed by atoms with Gasteiger partial charge in [-0.2, -0.15) is 5.10 Å². The van der Waals surface area contributed by atoms with Crippen LogP contribution in [0.5, 0.6) is 5.75 Å². The summed E-state index contributed by atoms with van der Waals surface area (Å²) in [7, 11) is 0. The molecule has 6 heteroatoms. The van der Waals surface area contributed by atoms with Gasteiger partial charge in [0.15, 0.2) is 0 Å². The third kappa shape index (κ3) is 3.41. The molecule has 3 heterocycles. The molecule has 0 aliphatic carbocycles. The van der Waals surface area contributed by atoms with Gasteiger partial charge in [-0.05, 0) is 50.3 Å². The number of benzene rings is 1. The number of carbonyl (C=O) groups excluding carboxylic acids is 1. The SMILES string of the molecule is Cc1cc(C2CCCN(C(=O)NC3COc4c(C)cccc4C3)C2)n[nH]1. The zero-order chi connectivity index (χ0) is 18.1. The van der Waals surface area contributed by atoms with E-state index in [1.807, 2.05) is 17.9 Å². The Morgan fingerprint density at radius 3 is 3.08 bits per heavy atom. The lowest BCUT2D eigenvalue weighted by atomic mass is 9.95. The third-order valence-electron chi connectivity index (χ3n) is 5.37. The molecule has 6 nitrogen and oxygen atoms in total. The van der Waals surface area contributed by atoms with Gasteiger partial charge in [-0.3, -0.25) is 5.10 Å². The van der Waals surface area contributed by atoms with E-state index in [4.69, 9.17) is 4.74 Å². The molecule has 26 heavy (non-hydrogen) atoms. The lowest BCUT2D eigenvalue weighted by Crippen LogP contribution is -2.51. The number of aryl methyl sites for hydroxylation is 2. The first-order valence-corrected chi connectivity index (χ1v) is 9.39. The zero-order valence-electron chi connectivity index (χ0n) is 15.4. The van der Waals surface area contributed by atoms with Crippen molar-refractivity contribution in [2.75, 3.05) is 19.7 Å². The topological polar surface area (TPSA) is 70.2 Å². The van der Waals surface area contributed by atoms with Crippen LogP contribution in [-0.4, -0.2) is 46.9 Å². The van der Waals surface area contributed by atoms with Crippen LogP contribution in [0.4, 0.5) is 4.79 Å². The molecule has 4 rings (SSSR count). The molecule has 1 fully saturated rings. The summed E-state index contributed by atoms with van der Waals surface area (Å²) in [5, 5.41) is 10.5. The molecular weight excluding hydrogens is 328 g/mol. The summed E-state index contributed by atoms with van der Waals surface area (Å²) < 4.78 is 5.90. The van der Waals surface area contributed by atoms with Crippen LogP contribution < -0.4 is 10.1 Å². The van der Waals surface area contributed by atoms with E-state index in [0.717, 1.165) is 55.1 Å². The number of para-hydroxylation sites is 1. The first-order chi connectivity index (χ1) is 12.6. The van der Waals surface area contributed by atoms with Gasteiger partial charge < -0.3 is 15.0 Å². The quantitative estimate of drug-likeness (QED) is 0.871. The van der Waals surface area contributed by atoms with Crippen molar-refractivity contribution in [2.24, 2.45) is 0 Å². The van der Waals surface area contributed by atoms with Crippen molar-refractivity contribution in [1.82, 2.24) is 20.4 Å². The second-order valence-electron chi connectivity index (χ2n) is 7.49. The summed E-state index contributed by atoms with van der Waals surface area (Å²) in [6, 6.07) is 8.29. The molecule has 0 spiro atoms. The predicted octanol–water partition coefficient (Wildman–Crippen LogP) is 2.92. The highest BCUT2D eigenvalue weighted by Gasteiger charge is 2.29. The van der Waals surface area contributed by atoms with Crippen LogP contribution in [0.15, 0.2) is 24.3 Å². The number of aromatic nitrogens is 2. The van der Waals surface area contributed by atoms with Crippen LogP contribution in [0.3, 0.4) is 0 Å². The Morgan fingerprint density at radius 2 is 2.27 bits per heavy atom. The van der Waals surface area contributed by atoms with Crippen molar-refractivity contribution >= 4 is 6.03 Å². The number of amides is 2. The number of piperidine rings is 1. The molecule has 0 radical (unpaired) electrons. The highest BCUT2D eigenvalue weighted by molar-refractivity contribution is 5.75. The standard InChI is InChI=1S/C20H26N4O2/c1-13-5-3-6-15-10-17(12-26-19(13)15)21-20(25)24-8-4-7-16(11-24)18-9-14(2)22-23-18/h3,5-6,9,16-17H,4,7-8,10-12H2,1-2H3,(H,21,25)(H,22,23). The number of fused-ring (bicyclic) bond motifs is 1. The van der Waals surface area contributed by atoms with E-state index >= 15 is 0 Å². The lowest BCUT2D eigenvalue weighted by Gasteiger charge is -2.34. The van der Waals surface area contributed by atoms with Crippen molar-refractivity contribution in [1.29, 1.82) is 0 Å². The fraction of sp³-hybridized carbons (Fsp3) is 0.500. The molecule has 2 N–H and O–H groups in total. The van der Waals surface area contributed by atoms with Gasteiger partial charge in [0, 0.05) is 24.7 Å². The Morgan fingerprint density at radius 1 is 1.38 bits per heavy atom. The maximum atomic E-state index is 12.8. The van der Waals surface area contributed by atoms with Crippen molar-refractivity contribution < 1.29 is 9.53 Å². The number of hydrogen-bond donors (Lipinski definition) is 2. The summed E-state index contributed by atoms with van der Waals surface area (Å²) in [5.74, 6) is 1.29. The van der Waals surface area contributed by atoms with Crippen LogP contribution in [0.25, 0.3) is 0 Å². The molecule has 2 aliphatic rings. The summed E-state index contributed by atoms with van der Waals surface area (Å²) in [6.45, 7) is 6.11. The highest BCUT2D eigenvalue weighted by Crippen LogP contribution is 2.29. The van der Waals surface area contributed by atoms with E-state index in [1.165, 1.54) is 5.56 Å². The number of urea groups is 1. The Balaban J connectivity index is 1.37. The maximum absolute atomic E-state index is 12.8. The molecule has 0 bridgehead atoms. The third-order valence-corrected chi connectivity index (χ3v) is 5.37. The van der Waals surface area contributed by atoms with Gasteiger partial charge in [0.2, 0.25) is 0 Å². The largest absolute Gasteiger partial charge is 0.491 e. The minimum absolute atomic E-state index is 0.00617. The first-order valence-electron chi connectivity index (χ1n) is 9.39. The van der Waals surface area contributed by atoms with E-state index in [1.54, 1.807) is 0 Å². The van der Waals surface area contributed by atoms with Gasteiger partial charge >= 0.3 is 6.03 Å². The average Bonchev–Trinajstić information content (AvgIpc) is 3.08. The molecule has 1 saturated heterocycles. The molecule has 2 aliphatic heterocycles. The van der Waals surface area contributed by atoms with Gasteiger partial charge in [-0.25, -0.2) is 4.79 Å². The Hall–Kier alpha value is -2.50. The fourth-order valence-electron chi connectivity index (χ4n) is 4.00. The van der Waals surface area contributed by atoms with Gasteiger partial charge in [-0.15, -0.1) is 0 Å². The first kappa shape index (κ1) is 16.9. The molecule has 2 atom stereocenters. The van der Waals surface area contributed by atoms with Crippen LogP contribution >= 0.6 is 0 Å². The van der Waals surface area contributed by atoms with Gasteiger partial charge in [0.25, 0.3) is 0 Å². The molecule has 2 aromatic rings. The van der Waals surface area contributed by atoms with E-state index in [0.29, 0.717) is 12.5 Å². The lowest BCUT2D eigenvalue weighted by molar-refractivity contribution is 0.165. The summed E-state index contributed by atoms with van der Waals surface area (Å²) in [6.07, 6.45) is 2.90. The number of hydrogen-bond acceptors (Lipinski definition) is 3. The van der Waals surface area contributed by atoms with E-state index in [9.17, 15) is 4.79 Å². The highest BCUT2D eigenvalue weighted by atomic mass is 16.5. The van der Waals surface area contributed by atoms with Gasteiger partial charge in [0.05, 0.1) is 11.7 Å². The van der Waals surface area contributed by atoms with Crippen molar-refractivity contribution in [3.8, 4) is 5.75 Å². The van der Waals surface area contributed by atoms with Gasteiger partial charge in [-0.1, -0.05) is 18.2 Å². The number of nitrogens with zero attached hydrogens (tertiary/aromatic N) is 2. The smallest absolute Gasteiger partial charge is 0.317 e. The number of H-pyrrole nitrogens is 1. The maximum Gasteiger partial charge on any atom is 0.317 e. The van der Waals surface area contributed by atoms with Gasteiger partial charge in [0.1, 0.15) is 12.4 Å². The fourth-order valence-corrected chi connectivity index (χ4v) is 4.00. The second-order valence-corrected chi connectivity index (χ2v) is 7.49. The number of nitrogens with one attached hydrogen (secondary N) is 2. The molecule has 2 amide bonds. The number of carbonyl (C=O) groups is 1. The minimum Gasteiger partial charge on any atom is -0.491 e. The van der Waals surface area contributed by atoms with E-state index < -0.39 is 0 Å². The summed E-state index contributed by atoms with van der Waals surface area (Å²) >= 11 is 0. The number of rotatable bonds is 2. The Bertz CT molecular complexity index is 801. The Labute approximate surface area is 153 Å². The average molecular weight is 354 g/mol. The second kappa shape index (κ2) is 7.02. The molecule has 138 valence electrons. The Kier molecular flexibility index (Phi) is 4.57. The van der Waals surface area contributed by atoms with Crippen LogP contribution in [0, 0.1) is 13.8 Å². The monoisotopic (exact) mass is 354 g/mol. The summed E-state index contributed by atoms with van der Waals surface area (Å²) in [5.41, 5.74) is 4.45. The number of aromatic amines is 1. The summed E-state index contributed by atoms with van der Waals surface area (Å²) in [4.78, 5) is 14.7. The number of ether oxygens (including phenoxy) is 1. The zero-order valence-corrected chi connectivity index (χ0v) is 15.4. The van der Waals surface area contributed by atoms with Crippen molar-refractivity contribution in [3.63, 3.8) is 0 Å². The molecule has 1 aromatic heterocycles. The normalized spacial score (nSPS) is 22.5. The van der Waals surface area contributed by atoms with Crippen LogP contribution in [-0.2, 0) is 6.42 Å². The molecular formula is C20H26N4O2. The minimum atomic E-state index is 0.00617. The predicted molar refractivity (Wildman–Crippen MR) is 99.6 cm³/mol. The van der Waals surface area contributed by atoms with E-state index in [-0.39, 0.29) is 12.1 Å². The molecule has 0 saturated carbocycles. The molecule has 1 aromatic carbocycles. The van der Waals surface area contributed by atoms with E-state index in [2.05, 4.69) is 40.6 Å².